The van der Waals surface area contributed by atoms with Crippen LogP contribution in [0.4, 0.5) is 10.5 Å². The number of halogens is 1. The normalized spacial score (nSPS) is 14.4. The van der Waals surface area contributed by atoms with Gasteiger partial charge in [0.25, 0.3) is 0 Å². The third-order valence-corrected chi connectivity index (χ3v) is 4.19. The quantitative estimate of drug-likeness (QED) is 0.678. The highest BCUT2D eigenvalue weighted by Gasteiger charge is 2.17. The molecule has 5 nitrogen and oxygen atoms in total. The molecule has 0 aliphatic heterocycles. The van der Waals surface area contributed by atoms with E-state index >= 15 is 0 Å². The maximum atomic E-state index is 11.7. The number of benzene rings is 1. The lowest BCUT2D eigenvalue weighted by Crippen LogP contribution is -2.31. The monoisotopic (exact) mass is 388 g/mol. The summed E-state index contributed by atoms with van der Waals surface area (Å²) < 4.78 is 0.816. The molecule has 0 aromatic heterocycles. The van der Waals surface area contributed by atoms with Gasteiger partial charge in [-0.3, -0.25) is 0 Å². The molecule has 1 aromatic carbocycles. The molecular weight excluding hydrogens is 371 g/mol. The summed E-state index contributed by atoms with van der Waals surface area (Å²) in [4.78, 5) is 22.9. The Labute approximate surface area is 131 Å². The third-order valence-electron chi connectivity index (χ3n) is 3.52. The van der Waals surface area contributed by atoms with Crippen LogP contribution in [0.3, 0.4) is 0 Å². The second-order valence-electron chi connectivity index (χ2n) is 4.96. The molecule has 3 N–H and O–H groups in total. The zero-order valence-corrected chi connectivity index (χ0v) is 13.1. The molecule has 0 unspecified atom stereocenters. The van der Waals surface area contributed by atoms with Gasteiger partial charge in [-0.15, -0.1) is 0 Å². The molecule has 0 saturated heterocycles. The van der Waals surface area contributed by atoms with Crippen LogP contribution in [-0.2, 0) is 0 Å². The number of rotatable bonds is 5. The smallest absolute Gasteiger partial charge is 0.337 e. The van der Waals surface area contributed by atoms with Gasteiger partial charge in [0.15, 0.2) is 0 Å². The topological polar surface area (TPSA) is 78.4 Å². The molecule has 20 heavy (non-hydrogen) atoms. The van der Waals surface area contributed by atoms with Gasteiger partial charge in [-0.25, -0.2) is 9.59 Å². The fraction of sp³-hybridized carbons (Fsp3) is 0.429. The first-order valence-electron chi connectivity index (χ1n) is 6.64. The van der Waals surface area contributed by atoms with Gasteiger partial charge in [-0.1, -0.05) is 19.3 Å². The van der Waals surface area contributed by atoms with E-state index in [1.54, 1.807) is 12.1 Å². The molecule has 108 valence electrons. The summed E-state index contributed by atoms with van der Waals surface area (Å²) in [5.74, 6) is -0.309. The van der Waals surface area contributed by atoms with E-state index in [4.69, 9.17) is 5.11 Å². The van der Waals surface area contributed by atoms with Crippen LogP contribution in [0.2, 0.25) is 0 Å². The fourth-order valence-corrected chi connectivity index (χ4v) is 2.63. The summed E-state index contributed by atoms with van der Waals surface area (Å²) in [5.41, 5.74) is 0.421. The zero-order valence-electron chi connectivity index (χ0n) is 11.0. The summed E-state index contributed by atoms with van der Waals surface area (Å²) in [6.45, 7) is 0.628. The number of nitrogens with one attached hydrogen (secondary N) is 2. The van der Waals surface area contributed by atoms with Gasteiger partial charge < -0.3 is 15.7 Å². The Morgan fingerprint density at radius 1 is 1.35 bits per heavy atom. The van der Waals surface area contributed by atoms with Gasteiger partial charge in [0, 0.05) is 10.1 Å². The highest BCUT2D eigenvalue weighted by molar-refractivity contribution is 14.1. The van der Waals surface area contributed by atoms with Gasteiger partial charge in [0.05, 0.1) is 11.3 Å². The molecule has 0 atom stereocenters. The number of carbonyl (C=O) groups is 2. The predicted octanol–water partition coefficient (Wildman–Crippen LogP) is 3.30. The second kappa shape index (κ2) is 6.92. The van der Waals surface area contributed by atoms with Crippen molar-refractivity contribution in [1.29, 1.82) is 0 Å². The highest BCUT2D eigenvalue weighted by atomic mass is 127. The van der Waals surface area contributed by atoms with Crippen LogP contribution in [0.25, 0.3) is 0 Å². The van der Waals surface area contributed by atoms with E-state index in [2.05, 4.69) is 10.6 Å². The Morgan fingerprint density at radius 2 is 2.10 bits per heavy atom. The van der Waals surface area contributed by atoms with Gasteiger partial charge in [0.2, 0.25) is 0 Å². The SMILES string of the molecule is O=C(NCCC1CCC1)Nc1ccc(I)cc1C(=O)O. The number of carbonyl (C=O) groups excluding carboxylic acids is 1. The number of hydrogen-bond donors (Lipinski definition) is 3. The Hall–Kier alpha value is -1.31. The highest BCUT2D eigenvalue weighted by Crippen LogP contribution is 2.28. The van der Waals surface area contributed by atoms with Crippen molar-refractivity contribution in [2.75, 3.05) is 11.9 Å². The van der Waals surface area contributed by atoms with E-state index in [1.165, 1.54) is 25.3 Å². The van der Waals surface area contributed by atoms with Crippen LogP contribution >= 0.6 is 22.6 Å². The van der Waals surface area contributed by atoms with Gasteiger partial charge in [-0.2, -0.15) is 0 Å². The Kier molecular flexibility index (Phi) is 5.22. The van der Waals surface area contributed by atoms with Crippen molar-refractivity contribution >= 4 is 40.3 Å². The van der Waals surface area contributed by atoms with Crippen molar-refractivity contribution < 1.29 is 14.7 Å². The standard InChI is InChI=1S/C14H17IN2O3/c15-10-4-5-12(11(8-10)13(18)19)17-14(20)16-7-6-9-2-1-3-9/h4-5,8-9H,1-3,6-7H2,(H,18,19)(H2,16,17,20). The number of aromatic carboxylic acids is 1. The largest absolute Gasteiger partial charge is 0.478 e. The van der Waals surface area contributed by atoms with E-state index in [9.17, 15) is 9.59 Å². The summed E-state index contributed by atoms with van der Waals surface area (Å²) in [6.07, 6.45) is 4.79. The molecule has 1 fully saturated rings. The molecule has 0 spiro atoms. The number of carboxylic acid groups (broad SMARTS) is 1. The van der Waals surface area contributed by atoms with Crippen LogP contribution < -0.4 is 10.6 Å². The molecule has 2 amide bonds. The van der Waals surface area contributed by atoms with Crippen molar-refractivity contribution in [3.63, 3.8) is 0 Å². The molecular formula is C14H17IN2O3. The average Bonchev–Trinajstić information content (AvgIpc) is 2.34. The van der Waals surface area contributed by atoms with E-state index in [-0.39, 0.29) is 11.6 Å². The molecule has 1 aromatic rings. The summed E-state index contributed by atoms with van der Waals surface area (Å²) in [5, 5.41) is 14.5. The van der Waals surface area contributed by atoms with E-state index in [0.29, 0.717) is 12.2 Å². The molecule has 0 bridgehead atoms. The summed E-state index contributed by atoms with van der Waals surface area (Å²) >= 11 is 2.04. The number of carboxylic acids is 1. The van der Waals surface area contributed by atoms with Gasteiger partial charge in [0.1, 0.15) is 0 Å². The average molecular weight is 388 g/mol. The van der Waals surface area contributed by atoms with Crippen LogP contribution in [0.5, 0.6) is 0 Å². The first-order chi connectivity index (χ1) is 9.56. The molecule has 6 heteroatoms. The summed E-state index contributed by atoms with van der Waals surface area (Å²) in [7, 11) is 0. The summed E-state index contributed by atoms with van der Waals surface area (Å²) in [6, 6.07) is 4.55. The minimum absolute atomic E-state index is 0.103. The maximum absolute atomic E-state index is 11.7. The lowest BCUT2D eigenvalue weighted by molar-refractivity contribution is 0.0698. The molecule has 0 heterocycles. The van der Waals surface area contributed by atoms with Crippen LogP contribution in [0.1, 0.15) is 36.0 Å². The van der Waals surface area contributed by atoms with Crippen molar-refractivity contribution in [3.8, 4) is 0 Å². The Morgan fingerprint density at radius 3 is 2.70 bits per heavy atom. The maximum Gasteiger partial charge on any atom is 0.337 e. The molecule has 1 saturated carbocycles. The molecule has 1 aliphatic rings. The number of anilines is 1. The van der Waals surface area contributed by atoms with Crippen LogP contribution in [0, 0.1) is 9.49 Å². The van der Waals surface area contributed by atoms with Crippen LogP contribution in [0.15, 0.2) is 18.2 Å². The minimum atomic E-state index is -1.05. The predicted molar refractivity (Wildman–Crippen MR) is 85.1 cm³/mol. The van der Waals surface area contributed by atoms with E-state index in [1.807, 2.05) is 22.6 Å². The number of amides is 2. The van der Waals surface area contributed by atoms with Crippen molar-refractivity contribution in [3.05, 3.63) is 27.3 Å². The lowest BCUT2D eigenvalue weighted by Gasteiger charge is -2.25. The molecule has 2 rings (SSSR count). The molecule has 1 aliphatic carbocycles. The van der Waals surface area contributed by atoms with Gasteiger partial charge >= 0.3 is 12.0 Å². The zero-order chi connectivity index (χ0) is 14.5. The Balaban J connectivity index is 1.88. The fourth-order valence-electron chi connectivity index (χ4n) is 2.14. The van der Waals surface area contributed by atoms with Gasteiger partial charge in [-0.05, 0) is 53.1 Å². The van der Waals surface area contributed by atoms with Crippen molar-refractivity contribution in [2.24, 2.45) is 5.92 Å². The van der Waals surface area contributed by atoms with E-state index in [0.717, 1.165) is 15.9 Å². The van der Waals surface area contributed by atoms with Crippen LogP contribution in [-0.4, -0.2) is 23.7 Å². The number of hydrogen-bond acceptors (Lipinski definition) is 2. The number of urea groups is 1. The van der Waals surface area contributed by atoms with Crippen molar-refractivity contribution in [1.82, 2.24) is 5.32 Å². The van der Waals surface area contributed by atoms with Crippen molar-refractivity contribution in [2.45, 2.75) is 25.7 Å². The minimum Gasteiger partial charge on any atom is -0.478 e. The molecule has 0 radical (unpaired) electrons. The first kappa shape index (κ1) is 15.1. The first-order valence-corrected chi connectivity index (χ1v) is 7.72. The second-order valence-corrected chi connectivity index (χ2v) is 6.21. The van der Waals surface area contributed by atoms with E-state index < -0.39 is 5.97 Å². The Bertz CT molecular complexity index is 515. The lowest BCUT2D eigenvalue weighted by atomic mass is 9.83. The third kappa shape index (κ3) is 4.09.